The van der Waals surface area contributed by atoms with Crippen LogP contribution in [0, 0.1) is 6.92 Å². The van der Waals surface area contributed by atoms with E-state index < -0.39 is 28.7 Å². The van der Waals surface area contributed by atoms with Crippen molar-refractivity contribution in [1.29, 1.82) is 0 Å². The summed E-state index contributed by atoms with van der Waals surface area (Å²) in [5.74, 6) is -0.0731. The zero-order chi connectivity index (χ0) is 25.6. The molecule has 0 saturated heterocycles. The number of anilines is 2. The molecule has 0 spiro atoms. The first-order chi connectivity index (χ1) is 17.2. The quantitative estimate of drug-likeness (QED) is 0.338. The third-order valence-corrected chi connectivity index (χ3v) is 6.40. The summed E-state index contributed by atoms with van der Waals surface area (Å²) in [6.45, 7) is 1.35. The van der Waals surface area contributed by atoms with Crippen LogP contribution in [-0.2, 0) is 17.6 Å². The highest BCUT2D eigenvalue weighted by molar-refractivity contribution is 6.31. The fraction of sp³-hybridized carbons (Fsp3) is 0.160. The SMILES string of the molecule is Cc1c(CO)nn2c1NC=C(C(=O)Nc1ccc3cnccc3c1)C2c1ccc(Cl)c(C(F)(F)F)c1. The molecule has 0 fully saturated rings. The van der Waals surface area contributed by atoms with E-state index in [1.54, 1.807) is 43.6 Å². The highest BCUT2D eigenvalue weighted by Gasteiger charge is 2.37. The lowest BCUT2D eigenvalue weighted by atomic mass is 9.95. The predicted octanol–water partition coefficient (Wildman–Crippen LogP) is 5.44. The first-order valence-corrected chi connectivity index (χ1v) is 11.2. The molecule has 3 heterocycles. The van der Waals surface area contributed by atoms with E-state index in [4.69, 9.17) is 11.6 Å². The van der Waals surface area contributed by atoms with Crippen LogP contribution in [0.3, 0.4) is 0 Å². The molecule has 11 heteroatoms. The van der Waals surface area contributed by atoms with Gasteiger partial charge in [-0.3, -0.25) is 9.78 Å². The first kappa shape index (κ1) is 23.8. The third-order valence-electron chi connectivity index (χ3n) is 6.07. The number of nitrogens with zero attached hydrogens (tertiary/aromatic N) is 3. The molecule has 1 aliphatic rings. The van der Waals surface area contributed by atoms with E-state index in [0.29, 0.717) is 22.8 Å². The molecule has 0 aliphatic carbocycles. The van der Waals surface area contributed by atoms with Gasteiger partial charge in [-0.2, -0.15) is 18.3 Å². The second-order valence-electron chi connectivity index (χ2n) is 8.30. The molecule has 1 unspecified atom stereocenters. The number of carbonyl (C=O) groups excluding carboxylic acids is 1. The Hall–Kier alpha value is -3.89. The van der Waals surface area contributed by atoms with Crippen molar-refractivity contribution in [2.45, 2.75) is 25.7 Å². The molecular formula is C25H19ClF3N5O2. The Balaban J connectivity index is 1.58. The van der Waals surface area contributed by atoms with Crippen molar-refractivity contribution < 1.29 is 23.1 Å². The number of aliphatic hydroxyl groups is 1. The van der Waals surface area contributed by atoms with Crippen molar-refractivity contribution in [2.75, 3.05) is 10.6 Å². The maximum atomic E-state index is 13.6. The van der Waals surface area contributed by atoms with Crippen LogP contribution in [-0.4, -0.2) is 25.8 Å². The monoisotopic (exact) mass is 513 g/mol. The minimum Gasteiger partial charge on any atom is -0.390 e. The largest absolute Gasteiger partial charge is 0.417 e. The van der Waals surface area contributed by atoms with Gasteiger partial charge >= 0.3 is 6.18 Å². The highest BCUT2D eigenvalue weighted by Crippen LogP contribution is 2.41. The Morgan fingerprint density at radius 2 is 2.00 bits per heavy atom. The molecule has 184 valence electrons. The topological polar surface area (TPSA) is 92.1 Å². The number of alkyl halides is 3. The van der Waals surface area contributed by atoms with Gasteiger partial charge in [-0.1, -0.05) is 23.7 Å². The number of pyridine rings is 1. The van der Waals surface area contributed by atoms with Gasteiger partial charge in [0.25, 0.3) is 5.91 Å². The van der Waals surface area contributed by atoms with E-state index in [-0.39, 0.29) is 17.7 Å². The molecule has 0 bridgehead atoms. The van der Waals surface area contributed by atoms with Crippen LogP contribution in [0.2, 0.25) is 5.02 Å². The molecule has 5 rings (SSSR count). The number of aromatic nitrogens is 3. The summed E-state index contributed by atoms with van der Waals surface area (Å²) in [6.07, 6.45) is 0.0868. The van der Waals surface area contributed by atoms with Crippen molar-refractivity contribution in [2.24, 2.45) is 0 Å². The number of halogens is 4. The van der Waals surface area contributed by atoms with Gasteiger partial charge in [0, 0.05) is 35.2 Å². The van der Waals surface area contributed by atoms with Crippen LogP contribution in [0.1, 0.15) is 28.4 Å². The number of fused-ring (bicyclic) bond motifs is 2. The number of nitrogens with one attached hydrogen (secondary N) is 2. The van der Waals surface area contributed by atoms with Crippen LogP contribution in [0.5, 0.6) is 0 Å². The zero-order valence-corrected chi connectivity index (χ0v) is 19.5. The fourth-order valence-corrected chi connectivity index (χ4v) is 4.46. The van der Waals surface area contributed by atoms with E-state index in [2.05, 4.69) is 20.7 Å². The molecule has 4 aromatic rings. The van der Waals surface area contributed by atoms with Crippen molar-refractivity contribution in [3.63, 3.8) is 0 Å². The summed E-state index contributed by atoms with van der Waals surface area (Å²) in [5.41, 5.74) is 0.726. The molecule has 1 atom stereocenters. The van der Waals surface area contributed by atoms with Crippen molar-refractivity contribution >= 4 is 39.8 Å². The number of aliphatic hydroxyl groups excluding tert-OH is 1. The predicted molar refractivity (Wildman–Crippen MR) is 130 cm³/mol. The smallest absolute Gasteiger partial charge is 0.390 e. The van der Waals surface area contributed by atoms with Gasteiger partial charge in [-0.05, 0) is 48.2 Å². The summed E-state index contributed by atoms with van der Waals surface area (Å²) >= 11 is 5.84. The maximum absolute atomic E-state index is 13.6. The number of rotatable bonds is 4. The zero-order valence-electron chi connectivity index (χ0n) is 18.8. The second-order valence-corrected chi connectivity index (χ2v) is 8.71. The van der Waals surface area contributed by atoms with Crippen molar-refractivity contribution in [1.82, 2.24) is 14.8 Å². The lowest BCUT2D eigenvalue weighted by molar-refractivity contribution is -0.137. The van der Waals surface area contributed by atoms with Gasteiger partial charge in [0.05, 0.1) is 28.5 Å². The molecular weight excluding hydrogens is 495 g/mol. The van der Waals surface area contributed by atoms with Crippen LogP contribution < -0.4 is 10.6 Å². The lowest BCUT2D eigenvalue weighted by Gasteiger charge is -2.28. The van der Waals surface area contributed by atoms with E-state index >= 15 is 0 Å². The average molecular weight is 514 g/mol. The van der Waals surface area contributed by atoms with Gasteiger partial charge < -0.3 is 15.7 Å². The van der Waals surface area contributed by atoms with Gasteiger partial charge in [0.2, 0.25) is 0 Å². The van der Waals surface area contributed by atoms with Crippen LogP contribution in [0.15, 0.2) is 66.6 Å². The third kappa shape index (κ3) is 4.18. The number of benzene rings is 2. The standard InChI is InChI=1S/C25H19ClF3N5O2/c1-13-21(12-35)33-34-22(15-3-5-20(26)19(9-15)25(27,28)29)18(11-31-23(13)34)24(36)32-17-4-2-16-10-30-7-6-14(16)8-17/h2-11,22,31,35H,12H2,1H3,(H,32,36). The number of carbonyl (C=O) groups is 1. The van der Waals surface area contributed by atoms with E-state index in [1.165, 1.54) is 16.9 Å². The van der Waals surface area contributed by atoms with E-state index in [9.17, 15) is 23.1 Å². The summed E-state index contributed by atoms with van der Waals surface area (Å²) in [5, 5.41) is 21.2. The summed E-state index contributed by atoms with van der Waals surface area (Å²) in [4.78, 5) is 17.5. The average Bonchev–Trinajstić information content (AvgIpc) is 3.18. The van der Waals surface area contributed by atoms with Crippen LogP contribution in [0.25, 0.3) is 10.8 Å². The Labute approximate surface area is 208 Å². The normalized spacial score (nSPS) is 15.3. The second kappa shape index (κ2) is 8.96. The summed E-state index contributed by atoms with van der Waals surface area (Å²) in [7, 11) is 0. The molecule has 1 aliphatic heterocycles. The Kier molecular flexibility index (Phi) is 5.93. The molecule has 1 amide bonds. The minimum absolute atomic E-state index is 0.125. The Morgan fingerprint density at radius 3 is 2.75 bits per heavy atom. The van der Waals surface area contributed by atoms with Crippen molar-refractivity contribution in [3.8, 4) is 0 Å². The summed E-state index contributed by atoms with van der Waals surface area (Å²) < 4.78 is 42.3. The van der Waals surface area contributed by atoms with Crippen molar-refractivity contribution in [3.05, 3.63) is 94.0 Å². The van der Waals surface area contributed by atoms with Gasteiger partial charge in [-0.25, -0.2) is 4.68 Å². The molecule has 0 radical (unpaired) electrons. The van der Waals surface area contributed by atoms with Crippen LogP contribution >= 0.6 is 11.6 Å². The first-order valence-electron chi connectivity index (χ1n) is 10.8. The Morgan fingerprint density at radius 1 is 1.19 bits per heavy atom. The van der Waals surface area contributed by atoms with E-state index in [0.717, 1.165) is 22.9 Å². The van der Waals surface area contributed by atoms with Gasteiger partial charge in [0.1, 0.15) is 11.9 Å². The van der Waals surface area contributed by atoms with Gasteiger partial charge in [0.15, 0.2) is 0 Å². The molecule has 3 N–H and O–H groups in total. The Bertz CT molecular complexity index is 1530. The maximum Gasteiger partial charge on any atom is 0.417 e. The highest BCUT2D eigenvalue weighted by atomic mass is 35.5. The molecule has 36 heavy (non-hydrogen) atoms. The van der Waals surface area contributed by atoms with Crippen LogP contribution in [0.4, 0.5) is 24.7 Å². The number of hydrogen-bond acceptors (Lipinski definition) is 5. The molecule has 2 aromatic carbocycles. The lowest BCUT2D eigenvalue weighted by Crippen LogP contribution is -2.29. The summed E-state index contributed by atoms with van der Waals surface area (Å²) in [6, 6.07) is 9.58. The molecule has 2 aromatic heterocycles. The molecule has 7 nitrogen and oxygen atoms in total. The fourth-order valence-electron chi connectivity index (χ4n) is 4.24. The van der Waals surface area contributed by atoms with Gasteiger partial charge in [-0.15, -0.1) is 0 Å². The molecule has 0 saturated carbocycles. The minimum atomic E-state index is -4.69. The number of hydrogen-bond donors (Lipinski definition) is 3. The number of amides is 1. The van der Waals surface area contributed by atoms with E-state index in [1.807, 2.05) is 0 Å².